The molecule has 0 fully saturated rings. The van der Waals surface area contributed by atoms with E-state index in [1.807, 2.05) is 72.8 Å². The Kier molecular flexibility index (Phi) is 45.2. The molecule has 0 aliphatic rings. The number of hydrogen-bond acceptors (Lipinski definition) is 28. The smallest absolute Gasteiger partial charge is 0.488 e. The van der Waals surface area contributed by atoms with Crippen LogP contribution in [-0.2, 0) is 79.7 Å². The third kappa shape index (κ3) is 37.0. The van der Waals surface area contributed by atoms with Crippen molar-refractivity contribution in [2.24, 2.45) is 0 Å². The predicted molar refractivity (Wildman–Crippen MR) is 531 cm³/mol. The molecule has 0 saturated carbocycles. The second kappa shape index (κ2) is 55.2. The average Bonchev–Trinajstić information content (AvgIpc) is 1.61. The van der Waals surface area contributed by atoms with Crippen LogP contribution in [0.25, 0.3) is 44.5 Å². The molecule has 0 spiro atoms. The van der Waals surface area contributed by atoms with E-state index in [0.29, 0.717) is 54.7 Å². The summed E-state index contributed by atoms with van der Waals surface area (Å²) in [5.74, 6) is -3.79. The molecule has 0 amide bonds. The van der Waals surface area contributed by atoms with Crippen molar-refractivity contribution in [3.05, 3.63) is 325 Å². The number of pyridine rings is 4. The van der Waals surface area contributed by atoms with Gasteiger partial charge in [0.25, 0.3) is 11.4 Å². The second-order valence-electron chi connectivity index (χ2n) is 31.5. The van der Waals surface area contributed by atoms with Gasteiger partial charge in [-0.15, -0.1) is 0 Å². The first-order valence-electron chi connectivity index (χ1n) is 43.1. The van der Waals surface area contributed by atoms with Crippen LogP contribution >= 0.6 is 15.9 Å². The number of nitrogen functional groups attached to an aromatic ring is 1. The van der Waals surface area contributed by atoms with Gasteiger partial charge in [-0.1, -0.05) is 146 Å². The zero-order chi connectivity index (χ0) is 104. The van der Waals surface area contributed by atoms with E-state index in [-0.39, 0.29) is 166 Å². The van der Waals surface area contributed by atoms with Gasteiger partial charge in [-0.2, -0.15) is 35.1 Å². The van der Waals surface area contributed by atoms with E-state index in [4.69, 9.17) is 34.7 Å². The Morgan fingerprint density at radius 2 is 0.715 bits per heavy atom. The largest absolute Gasteiger partial charge is 0.490 e. The van der Waals surface area contributed by atoms with Crippen molar-refractivity contribution < 1.29 is 148 Å². The van der Waals surface area contributed by atoms with Gasteiger partial charge in [0.15, 0.2) is 51.6 Å². The molecule has 32 nitrogen and oxygen atoms in total. The van der Waals surface area contributed by atoms with E-state index in [2.05, 4.69) is 59.8 Å². The van der Waals surface area contributed by atoms with Crippen LogP contribution in [0.15, 0.2) is 252 Å². The SMILES string of the molecule is CCOc1cc(C(CS(C)(=O)=O)n2c(=O)[nH]c3cc(-c4ccccc4)cnc32)ccc1OC(F)F.CCOc1cc(C(Cc2ncc(-c3ccccc3)cc2N)CS(C)(=O)=O)ccc1OC(F)F.CCOc1cc(C(Cc2ncc(-c3ccccc3)cc2[N+](=O)[O-])CS(C)(=O)=O)ccc1OC(F)F.CCOc1cc(C(Cc2ncc(Br)cc2[N+](=O)[O-])CS(C)(=O)=O)ccc1OC(F)F.OB(O)c1ccccc1.[CH3-].[W]. The van der Waals surface area contributed by atoms with E-state index in [1.165, 1.54) is 95.8 Å². The molecular formula is C97H102BBrF8N9O23S4W-. The molecule has 13 aromatic rings. The summed E-state index contributed by atoms with van der Waals surface area (Å²) in [4.78, 5) is 55.1. The number of ether oxygens (including phenoxy) is 8. The maximum Gasteiger partial charge on any atom is 0.488 e. The van der Waals surface area contributed by atoms with Crippen LogP contribution in [0.4, 0.5) is 52.2 Å². The summed E-state index contributed by atoms with van der Waals surface area (Å²) in [5, 5.41) is 40.4. The summed E-state index contributed by atoms with van der Waals surface area (Å²) in [6, 6.07) is 58.8. The Hall–Kier alpha value is -13.0. The Bertz CT molecular complexity index is 6990. The number of halogens is 9. The number of rotatable bonds is 41. The maximum absolute atomic E-state index is 13.0. The zero-order valence-electron chi connectivity index (χ0n) is 78.7. The van der Waals surface area contributed by atoms with E-state index in [0.717, 1.165) is 52.8 Å². The number of benzene rings is 8. The number of aromatic nitrogens is 6. The number of alkyl halides is 8. The number of hydrogen-bond donors (Lipinski definition) is 4. The van der Waals surface area contributed by atoms with Gasteiger partial charge < -0.3 is 66.1 Å². The van der Waals surface area contributed by atoms with Gasteiger partial charge in [0.05, 0.1) is 82.2 Å². The molecule has 5 N–H and O–H groups in total. The number of sulfone groups is 4. The van der Waals surface area contributed by atoms with Crippen LogP contribution in [0, 0.1) is 27.7 Å². The molecule has 4 atom stereocenters. The molecule has 8 aromatic carbocycles. The minimum atomic E-state index is -3.58. The van der Waals surface area contributed by atoms with Gasteiger partial charge in [-0.05, 0) is 155 Å². The van der Waals surface area contributed by atoms with Crippen LogP contribution in [0.5, 0.6) is 46.0 Å². The fourth-order valence-corrected chi connectivity index (χ4v) is 19.0. The van der Waals surface area contributed by atoms with Gasteiger partial charge in [0.2, 0.25) is 0 Å². The Balaban J connectivity index is 0.000000252. The molecule has 5 heterocycles. The van der Waals surface area contributed by atoms with Crippen molar-refractivity contribution in [3.63, 3.8) is 0 Å². The second-order valence-corrected chi connectivity index (χ2v) is 41.2. The van der Waals surface area contributed by atoms with Gasteiger partial charge in [-0.25, -0.2) is 43.4 Å². The Labute approximate surface area is 849 Å². The molecular weight excluding hydrogens is 2210 g/mol. The van der Waals surface area contributed by atoms with Gasteiger partial charge in [0, 0.05) is 135 Å². The van der Waals surface area contributed by atoms with Crippen LogP contribution in [0.1, 0.15) is 90.8 Å². The first-order chi connectivity index (χ1) is 67.2. The Morgan fingerprint density at radius 3 is 1.04 bits per heavy atom. The summed E-state index contributed by atoms with van der Waals surface area (Å²) in [6.45, 7) is -4.77. The van der Waals surface area contributed by atoms with Crippen LogP contribution in [-0.4, -0.2) is 191 Å². The third-order valence-electron chi connectivity index (χ3n) is 20.6. The first-order valence-corrected chi connectivity index (χ1v) is 52.1. The molecule has 770 valence electrons. The van der Waals surface area contributed by atoms with Crippen molar-refractivity contribution in [2.45, 2.75) is 97.2 Å². The van der Waals surface area contributed by atoms with Crippen molar-refractivity contribution in [2.75, 3.05) is 80.2 Å². The fourth-order valence-electron chi connectivity index (χ4n) is 14.7. The first kappa shape index (κ1) is 118. The fraction of sp³-hybridized carbons (Fsp3) is 0.278. The van der Waals surface area contributed by atoms with Crippen LogP contribution in [0.2, 0.25) is 0 Å². The minimum absolute atomic E-state index is 0. The van der Waals surface area contributed by atoms with Crippen molar-refractivity contribution in [1.82, 2.24) is 29.5 Å². The van der Waals surface area contributed by atoms with Crippen molar-refractivity contribution in [1.29, 1.82) is 0 Å². The number of nitro groups is 2. The standard InChI is InChI=1S/C24H23F2N3O5S.C24H24F2N2O6S.C24H26F2N2O4S.C18H19BrF2N2O6S.C6H7BO2.CH3.W/c1-3-33-21-12-16(9-10-20(21)34-23(25)26)19(14-35(2,31)32)29-22-18(28-24(29)30)11-17(13-27-22)15-7-5-4-6-8-15;1-3-33-23-13-17(9-10-22(23)34-24(25)26)19(15-35(2,31)32)11-20-21(28(29)30)12-18(14-27-20)16-7-5-4-6-8-16;1-3-31-23-13-17(9-10-22(23)32-24(25)26)19(15-33(2,29)30)12-21-20(27)11-18(14-28-21)16-7-5-4-6-8-16;1-3-28-17-7-11(4-5-16(17)29-18(20)21)12(10-30(2,26)27)6-14-15(23(24)25)8-13(19)9-22-14;8-7(9)6-4-2-1-3-5-6;;/h4-13,19,23H,3,14H2,1-2H3,(H,28,30);4-10,12-14,19,24H,3,11,15H2,1-2H3;4-11,13-14,19,24H,3,12,15,27H2,1-2H3;4-5,7-9,12,18H,3,6,10H2,1-2H3;1-5,8-9H;1H3;/q;;;;;-1;. The molecule has 5 aromatic heterocycles. The third-order valence-corrected chi connectivity index (χ3v) is 24.9. The minimum Gasteiger partial charge on any atom is -0.490 e. The maximum atomic E-state index is 13.0. The molecule has 0 aliphatic heterocycles. The van der Waals surface area contributed by atoms with E-state index < -0.39 is 118 Å². The number of nitrogens with two attached hydrogens (primary N) is 1. The molecule has 0 saturated heterocycles. The quantitative estimate of drug-likeness (QED) is 0.00909. The molecule has 13 rings (SSSR count). The van der Waals surface area contributed by atoms with Crippen molar-refractivity contribution >= 4 is 96.1 Å². The number of imidazole rings is 1. The normalized spacial score (nSPS) is 12.2. The summed E-state index contributed by atoms with van der Waals surface area (Å²) < 4.78 is 240. The zero-order valence-corrected chi connectivity index (χ0v) is 86.5. The molecule has 0 aliphatic carbocycles. The van der Waals surface area contributed by atoms with E-state index in [9.17, 15) is 93.8 Å². The molecule has 144 heavy (non-hydrogen) atoms. The van der Waals surface area contributed by atoms with E-state index >= 15 is 0 Å². The average molecular weight is 2320 g/mol. The number of nitrogens with zero attached hydrogens (tertiary/aromatic N) is 7. The summed E-state index contributed by atoms with van der Waals surface area (Å²) in [6.07, 6.45) is 10.6. The number of anilines is 1. The number of nitrogens with one attached hydrogen (secondary N) is 1. The summed E-state index contributed by atoms with van der Waals surface area (Å²) in [5.41, 5.74) is 14.2. The molecule has 4 unspecified atom stereocenters. The number of H-pyrrole nitrogens is 1. The van der Waals surface area contributed by atoms with Crippen LogP contribution < -0.4 is 54.8 Å². The number of aromatic amines is 1. The van der Waals surface area contributed by atoms with E-state index in [1.54, 1.807) is 107 Å². The van der Waals surface area contributed by atoms with Gasteiger partial charge in [0.1, 0.15) is 50.7 Å². The monoisotopic (exact) mass is 2310 g/mol. The topological polar surface area (TPSA) is 453 Å². The van der Waals surface area contributed by atoms with Crippen LogP contribution in [0.3, 0.4) is 0 Å². The number of fused-ring (bicyclic) bond motifs is 1. The van der Waals surface area contributed by atoms with Crippen molar-refractivity contribution in [3.8, 4) is 79.4 Å². The predicted octanol–water partition coefficient (Wildman–Crippen LogP) is 17.7. The Morgan fingerprint density at radius 1 is 0.410 bits per heavy atom. The van der Waals surface area contributed by atoms with Gasteiger partial charge >= 0.3 is 39.3 Å². The molecule has 0 bridgehead atoms. The molecule has 0 radical (unpaired) electrons. The summed E-state index contributed by atoms with van der Waals surface area (Å²) >= 11 is 3.12. The summed E-state index contributed by atoms with van der Waals surface area (Å²) in [7, 11) is -15.3. The molecule has 47 heteroatoms. The van der Waals surface area contributed by atoms with Gasteiger partial charge in [-0.3, -0.25) is 39.7 Å².